The minimum Gasteiger partial charge on any atom is -0.355 e. The molecular formula is C16H23N5O2S. The van der Waals surface area contributed by atoms with Crippen molar-refractivity contribution in [3.8, 4) is 0 Å². The van der Waals surface area contributed by atoms with E-state index < -0.39 is 0 Å². The normalized spacial score (nSPS) is 17.5. The number of carbonyl (C=O) groups is 2. The summed E-state index contributed by atoms with van der Waals surface area (Å²) in [5.41, 5.74) is 7.25. The minimum absolute atomic E-state index is 0.182. The van der Waals surface area contributed by atoms with Crippen molar-refractivity contribution in [2.45, 2.75) is 19.8 Å². The molecule has 24 heavy (non-hydrogen) atoms. The lowest BCUT2D eigenvalue weighted by Gasteiger charge is -2.38. The van der Waals surface area contributed by atoms with Gasteiger partial charge in [-0.15, -0.1) is 0 Å². The van der Waals surface area contributed by atoms with E-state index in [2.05, 4.69) is 27.1 Å². The van der Waals surface area contributed by atoms with Crippen molar-refractivity contribution < 1.29 is 9.59 Å². The zero-order valence-electron chi connectivity index (χ0n) is 14.0. The number of nitrogens with one attached hydrogen (secondary N) is 1. The van der Waals surface area contributed by atoms with Crippen molar-refractivity contribution >= 4 is 35.3 Å². The van der Waals surface area contributed by atoms with Gasteiger partial charge in [-0.1, -0.05) is 6.92 Å². The summed E-state index contributed by atoms with van der Waals surface area (Å²) >= 11 is 0.829. The summed E-state index contributed by atoms with van der Waals surface area (Å²) in [6, 6.07) is 1.71. The molecule has 0 atom stereocenters. The first kappa shape index (κ1) is 18.4. The van der Waals surface area contributed by atoms with Gasteiger partial charge in [0.25, 0.3) is 5.91 Å². The zero-order valence-corrected chi connectivity index (χ0v) is 14.8. The molecule has 1 aromatic heterocycles. The van der Waals surface area contributed by atoms with Gasteiger partial charge in [0, 0.05) is 26.3 Å². The van der Waals surface area contributed by atoms with Gasteiger partial charge in [0.2, 0.25) is 5.95 Å². The standard InChI is InChI=1S/C16H23N5O2S/c1-16(10-17)4-7-21(8-5-16)15-19-6-3-12(20-15)9-13(24-11-22)14(23)18-2/h3,6,9,11H,4-5,7-8,10,17H2,1-2H3,(H,18,23)/b13-9-. The van der Waals surface area contributed by atoms with E-state index in [-0.39, 0.29) is 11.3 Å². The van der Waals surface area contributed by atoms with Crippen LogP contribution in [0.5, 0.6) is 0 Å². The first-order valence-corrected chi connectivity index (χ1v) is 8.71. The van der Waals surface area contributed by atoms with Crippen LogP contribution in [0.3, 0.4) is 0 Å². The monoisotopic (exact) mass is 349 g/mol. The van der Waals surface area contributed by atoms with Crippen LogP contribution in [0.2, 0.25) is 0 Å². The second-order valence-electron chi connectivity index (χ2n) is 6.09. The molecule has 3 N–H and O–H groups in total. The molecule has 1 aromatic rings. The molecule has 7 nitrogen and oxygen atoms in total. The summed E-state index contributed by atoms with van der Waals surface area (Å²) in [7, 11) is 1.52. The Morgan fingerprint density at radius 1 is 1.50 bits per heavy atom. The van der Waals surface area contributed by atoms with Crippen LogP contribution >= 0.6 is 11.8 Å². The van der Waals surface area contributed by atoms with Crippen molar-refractivity contribution in [3.63, 3.8) is 0 Å². The summed E-state index contributed by atoms with van der Waals surface area (Å²) in [6.45, 7) is 4.60. The number of aromatic nitrogens is 2. The number of rotatable bonds is 6. The fraction of sp³-hybridized carbons (Fsp3) is 0.500. The average Bonchev–Trinajstić information content (AvgIpc) is 2.61. The van der Waals surface area contributed by atoms with E-state index in [1.54, 1.807) is 18.3 Å². The maximum atomic E-state index is 11.8. The minimum atomic E-state index is -0.316. The number of thioether (sulfide) groups is 1. The van der Waals surface area contributed by atoms with Gasteiger partial charge in [0.1, 0.15) is 0 Å². The van der Waals surface area contributed by atoms with Gasteiger partial charge in [0.15, 0.2) is 5.62 Å². The van der Waals surface area contributed by atoms with Gasteiger partial charge < -0.3 is 16.0 Å². The lowest BCUT2D eigenvalue weighted by Crippen LogP contribution is -2.42. The first-order chi connectivity index (χ1) is 11.5. The number of nitrogens with zero attached hydrogens (tertiary/aromatic N) is 3. The Kier molecular flexibility index (Phi) is 6.33. The lowest BCUT2D eigenvalue weighted by atomic mass is 9.81. The molecular weight excluding hydrogens is 326 g/mol. The van der Waals surface area contributed by atoms with E-state index in [0.717, 1.165) is 37.7 Å². The topological polar surface area (TPSA) is 101 Å². The summed E-state index contributed by atoms with van der Waals surface area (Å²) in [5.74, 6) is 0.319. The maximum absolute atomic E-state index is 11.8. The molecule has 2 heterocycles. The van der Waals surface area contributed by atoms with E-state index in [9.17, 15) is 9.59 Å². The van der Waals surface area contributed by atoms with Crippen LogP contribution in [0.4, 0.5) is 5.95 Å². The van der Waals surface area contributed by atoms with E-state index in [4.69, 9.17) is 5.73 Å². The van der Waals surface area contributed by atoms with Crippen LogP contribution in [0.25, 0.3) is 6.08 Å². The molecule has 1 saturated heterocycles. The SMILES string of the molecule is CNC(=O)/C(=C/c1ccnc(N2CCC(C)(CN)CC2)n1)SC=O. The third-order valence-electron chi connectivity index (χ3n) is 4.32. The lowest BCUT2D eigenvalue weighted by molar-refractivity contribution is -0.116. The number of carbonyl (C=O) groups excluding carboxylic acids is 2. The fourth-order valence-corrected chi connectivity index (χ4v) is 3.01. The number of likely N-dealkylation sites (N-methyl/N-ethyl adjacent to an activating group) is 1. The predicted octanol–water partition coefficient (Wildman–Crippen LogP) is 1.05. The average molecular weight is 349 g/mol. The van der Waals surface area contributed by atoms with Crippen molar-refractivity contribution in [2.24, 2.45) is 11.1 Å². The maximum Gasteiger partial charge on any atom is 0.257 e. The molecule has 2 rings (SSSR count). The quantitative estimate of drug-likeness (QED) is 0.585. The third-order valence-corrected chi connectivity index (χ3v) is 4.97. The van der Waals surface area contributed by atoms with Crippen molar-refractivity contribution in [2.75, 3.05) is 31.6 Å². The Labute approximate surface area is 146 Å². The van der Waals surface area contributed by atoms with E-state index >= 15 is 0 Å². The number of piperidine rings is 1. The molecule has 0 radical (unpaired) electrons. The smallest absolute Gasteiger partial charge is 0.257 e. The molecule has 0 spiro atoms. The summed E-state index contributed by atoms with van der Waals surface area (Å²) in [4.78, 5) is 33.8. The van der Waals surface area contributed by atoms with Crippen molar-refractivity contribution in [3.05, 3.63) is 22.9 Å². The van der Waals surface area contributed by atoms with Crippen LogP contribution in [-0.4, -0.2) is 48.2 Å². The number of hydrogen-bond acceptors (Lipinski definition) is 7. The highest BCUT2D eigenvalue weighted by atomic mass is 32.2. The largest absolute Gasteiger partial charge is 0.355 e. The van der Waals surface area contributed by atoms with E-state index in [0.29, 0.717) is 28.7 Å². The second-order valence-corrected chi connectivity index (χ2v) is 6.95. The predicted molar refractivity (Wildman–Crippen MR) is 97.0 cm³/mol. The molecule has 130 valence electrons. The highest BCUT2D eigenvalue weighted by Gasteiger charge is 2.29. The molecule has 1 aliphatic heterocycles. The van der Waals surface area contributed by atoms with Gasteiger partial charge in [-0.05, 0) is 48.7 Å². The molecule has 0 bridgehead atoms. The number of hydrogen-bond donors (Lipinski definition) is 2. The highest BCUT2D eigenvalue weighted by molar-refractivity contribution is 8.16. The first-order valence-electron chi connectivity index (χ1n) is 7.83. The number of anilines is 1. The van der Waals surface area contributed by atoms with E-state index in [1.807, 2.05) is 0 Å². The molecule has 8 heteroatoms. The van der Waals surface area contributed by atoms with Crippen LogP contribution < -0.4 is 16.0 Å². The molecule has 1 aliphatic rings. The van der Waals surface area contributed by atoms with Crippen molar-refractivity contribution in [1.82, 2.24) is 15.3 Å². The van der Waals surface area contributed by atoms with Gasteiger partial charge in [-0.25, -0.2) is 9.97 Å². The zero-order chi connectivity index (χ0) is 17.6. The summed E-state index contributed by atoms with van der Waals surface area (Å²) in [6.07, 6.45) is 5.25. The molecule has 0 aromatic carbocycles. The number of amides is 1. The second kappa shape index (κ2) is 8.25. The van der Waals surface area contributed by atoms with E-state index in [1.165, 1.54) is 7.05 Å². The molecule has 0 aliphatic carbocycles. The van der Waals surface area contributed by atoms with Crippen LogP contribution in [0.1, 0.15) is 25.5 Å². The van der Waals surface area contributed by atoms with Crippen LogP contribution in [-0.2, 0) is 9.59 Å². The van der Waals surface area contributed by atoms with Gasteiger partial charge >= 0.3 is 0 Å². The number of nitrogens with two attached hydrogens (primary N) is 1. The molecule has 0 saturated carbocycles. The molecule has 0 unspecified atom stereocenters. The van der Waals surface area contributed by atoms with Crippen LogP contribution in [0, 0.1) is 5.41 Å². The van der Waals surface area contributed by atoms with Gasteiger partial charge in [-0.3, -0.25) is 9.59 Å². The van der Waals surface area contributed by atoms with Gasteiger partial charge in [-0.2, -0.15) is 0 Å². The Balaban J connectivity index is 2.17. The Hall–Kier alpha value is -1.93. The molecule has 1 amide bonds. The third kappa shape index (κ3) is 4.55. The Morgan fingerprint density at radius 3 is 2.79 bits per heavy atom. The summed E-state index contributed by atoms with van der Waals surface area (Å²) in [5, 5.41) is 2.51. The van der Waals surface area contributed by atoms with Crippen LogP contribution in [0.15, 0.2) is 17.2 Å². The fourth-order valence-electron chi connectivity index (χ4n) is 2.51. The Morgan fingerprint density at radius 2 is 2.21 bits per heavy atom. The molecule has 1 fully saturated rings. The Bertz CT molecular complexity index is 627. The van der Waals surface area contributed by atoms with Crippen molar-refractivity contribution in [1.29, 1.82) is 0 Å². The summed E-state index contributed by atoms with van der Waals surface area (Å²) < 4.78 is 0. The highest BCUT2D eigenvalue weighted by Crippen LogP contribution is 2.30. The van der Waals surface area contributed by atoms with Gasteiger partial charge in [0.05, 0.1) is 10.6 Å².